The van der Waals surface area contributed by atoms with Crippen molar-refractivity contribution in [2.75, 3.05) is 13.2 Å². The van der Waals surface area contributed by atoms with Crippen LogP contribution in [0.2, 0.25) is 0 Å². The van der Waals surface area contributed by atoms with Crippen molar-refractivity contribution < 1.29 is 14.6 Å². The van der Waals surface area contributed by atoms with E-state index in [0.717, 1.165) is 6.42 Å². The zero-order chi connectivity index (χ0) is 13.3. The zero-order valence-electron chi connectivity index (χ0n) is 11.4. The van der Waals surface area contributed by atoms with E-state index in [1.54, 1.807) is 0 Å². The molecule has 0 aromatic carbocycles. The van der Waals surface area contributed by atoms with Crippen LogP contribution in [0.15, 0.2) is 0 Å². The summed E-state index contributed by atoms with van der Waals surface area (Å²) in [6.45, 7) is 7.00. The molecule has 0 saturated heterocycles. The number of carboxylic acid groups (broad SMARTS) is 1. The molecule has 0 saturated carbocycles. The van der Waals surface area contributed by atoms with Crippen LogP contribution < -0.4 is 5.73 Å². The molecule has 0 radical (unpaired) electrons. The average Bonchev–Trinajstić information content (AvgIpc) is 2.28. The van der Waals surface area contributed by atoms with Gasteiger partial charge in [0, 0.05) is 13.2 Å². The number of carbonyl (C=O) groups is 1. The predicted molar refractivity (Wildman–Crippen MR) is 69.0 cm³/mol. The standard InChI is InChI=1S/C13H27NO3/c1-4-6-7-11(5-2)10-17-9-8-13(3,14)12(15)16/h11H,4-10,14H2,1-3H3,(H,15,16). The maximum absolute atomic E-state index is 10.8. The minimum atomic E-state index is -1.18. The molecule has 102 valence electrons. The van der Waals surface area contributed by atoms with Gasteiger partial charge in [-0.05, 0) is 25.7 Å². The Morgan fingerprint density at radius 1 is 1.47 bits per heavy atom. The molecule has 0 rings (SSSR count). The van der Waals surface area contributed by atoms with Crippen molar-refractivity contribution in [2.24, 2.45) is 11.7 Å². The fourth-order valence-electron chi connectivity index (χ4n) is 1.54. The predicted octanol–water partition coefficient (Wildman–Crippen LogP) is 2.41. The van der Waals surface area contributed by atoms with Gasteiger partial charge in [0.2, 0.25) is 0 Å². The first-order valence-electron chi connectivity index (χ1n) is 6.54. The first-order chi connectivity index (χ1) is 7.94. The van der Waals surface area contributed by atoms with Gasteiger partial charge in [0.05, 0.1) is 0 Å². The van der Waals surface area contributed by atoms with Gasteiger partial charge < -0.3 is 15.6 Å². The van der Waals surface area contributed by atoms with Crippen molar-refractivity contribution >= 4 is 5.97 Å². The lowest BCUT2D eigenvalue weighted by Gasteiger charge is -2.20. The Labute approximate surface area is 105 Å². The van der Waals surface area contributed by atoms with E-state index in [2.05, 4.69) is 13.8 Å². The van der Waals surface area contributed by atoms with Gasteiger partial charge in [0.1, 0.15) is 5.54 Å². The molecule has 0 fully saturated rings. The lowest BCUT2D eigenvalue weighted by atomic mass is 9.99. The second-order valence-electron chi connectivity index (χ2n) is 4.96. The molecular weight excluding hydrogens is 218 g/mol. The molecule has 0 spiro atoms. The summed E-state index contributed by atoms with van der Waals surface area (Å²) >= 11 is 0. The Kier molecular flexibility index (Phi) is 8.17. The Hall–Kier alpha value is -0.610. The second-order valence-corrected chi connectivity index (χ2v) is 4.96. The van der Waals surface area contributed by atoms with Gasteiger partial charge in [-0.1, -0.05) is 33.1 Å². The van der Waals surface area contributed by atoms with Crippen LogP contribution in [-0.2, 0) is 9.53 Å². The SMILES string of the molecule is CCCCC(CC)COCCC(C)(N)C(=O)O. The van der Waals surface area contributed by atoms with Crippen molar-refractivity contribution in [1.29, 1.82) is 0 Å². The topological polar surface area (TPSA) is 72.5 Å². The van der Waals surface area contributed by atoms with Crippen LogP contribution in [-0.4, -0.2) is 29.8 Å². The lowest BCUT2D eigenvalue weighted by Crippen LogP contribution is -2.45. The molecule has 3 N–H and O–H groups in total. The molecule has 0 bridgehead atoms. The Balaban J connectivity index is 3.71. The third-order valence-electron chi connectivity index (χ3n) is 3.15. The molecule has 17 heavy (non-hydrogen) atoms. The normalized spacial score (nSPS) is 16.5. The number of hydrogen-bond donors (Lipinski definition) is 2. The number of aliphatic carboxylic acids is 1. The van der Waals surface area contributed by atoms with Crippen molar-refractivity contribution in [3.8, 4) is 0 Å². The zero-order valence-corrected chi connectivity index (χ0v) is 11.4. The van der Waals surface area contributed by atoms with Gasteiger partial charge in [-0.3, -0.25) is 4.79 Å². The molecule has 0 amide bonds. The molecule has 0 aliphatic rings. The molecular formula is C13H27NO3. The van der Waals surface area contributed by atoms with Crippen molar-refractivity contribution in [3.63, 3.8) is 0 Å². The summed E-state index contributed by atoms with van der Waals surface area (Å²) in [4.78, 5) is 10.8. The summed E-state index contributed by atoms with van der Waals surface area (Å²) < 4.78 is 5.53. The molecule has 0 heterocycles. The van der Waals surface area contributed by atoms with Crippen LogP contribution in [0, 0.1) is 5.92 Å². The fraction of sp³-hybridized carbons (Fsp3) is 0.923. The van der Waals surface area contributed by atoms with E-state index in [1.807, 2.05) is 0 Å². The van der Waals surface area contributed by atoms with Crippen LogP contribution >= 0.6 is 0 Å². The number of carboxylic acids is 1. The maximum Gasteiger partial charge on any atom is 0.323 e. The van der Waals surface area contributed by atoms with Gasteiger partial charge in [-0.2, -0.15) is 0 Å². The van der Waals surface area contributed by atoms with Gasteiger partial charge in [-0.15, -0.1) is 0 Å². The highest BCUT2D eigenvalue weighted by molar-refractivity contribution is 5.77. The van der Waals surface area contributed by atoms with E-state index in [4.69, 9.17) is 15.6 Å². The summed E-state index contributed by atoms with van der Waals surface area (Å²) in [5.74, 6) is -0.386. The molecule has 2 unspecified atom stereocenters. The first-order valence-corrected chi connectivity index (χ1v) is 6.54. The summed E-state index contributed by atoms with van der Waals surface area (Å²) in [5.41, 5.74) is 4.43. The summed E-state index contributed by atoms with van der Waals surface area (Å²) in [5, 5.41) is 8.83. The van der Waals surface area contributed by atoms with Crippen LogP contribution in [0.4, 0.5) is 0 Å². The first kappa shape index (κ1) is 16.4. The van der Waals surface area contributed by atoms with Gasteiger partial charge in [0.25, 0.3) is 0 Å². The number of hydrogen-bond acceptors (Lipinski definition) is 3. The van der Waals surface area contributed by atoms with Crippen molar-refractivity contribution in [3.05, 3.63) is 0 Å². The second kappa shape index (κ2) is 8.48. The summed E-state index contributed by atoms with van der Waals surface area (Å²) in [7, 11) is 0. The maximum atomic E-state index is 10.8. The third-order valence-corrected chi connectivity index (χ3v) is 3.15. The smallest absolute Gasteiger partial charge is 0.323 e. The van der Waals surface area contributed by atoms with E-state index < -0.39 is 11.5 Å². The minimum absolute atomic E-state index is 0.354. The molecule has 0 aromatic rings. The van der Waals surface area contributed by atoms with E-state index in [1.165, 1.54) is 26.2 Å². The molecule has 0 aliphatic heterocycles. The summed E-state index contributed by atoms with van der Waals surface area (Å²) in [6.07, 6.45) is 5.08. The van der Waals surface area contributed by atoms with E-state index in [-0.39, 0.29) is 0 Å². The van der Waals surface area contributed by atoms with E-state index >= 15 is 0 Å². The Bertz CT molecular complexity index is 217. The van der Waals surface area contributed by atoms with E-state index in [0.29, 0.717) is 25.6 Å². The van der Waals surface area contributed by atoms with Crippen LogP contribution in [0.25, 0.3) is 0 Å². The van der Waals surface area contributed by atoms with Crippen LogP contribution in [0.5, 0.6) is 0 Å². The van der Waals surface area contributed by atoms with Gasteiger partial charge >= 0.3 is 5.97 Å². The Morgan fingerprint density at radius 3 is 2.59 bits per heavy atom. The largest absolute Gasteiger partial charge is 0.480 e. The fourth-order valence-corrected chi connectivity index (χ4v) is 1.54. The molecule has 4 heteroatoms. The minimum Gasteiger partial charge on any atom is -0.480 e. The Morgan fingerprint density at radius 2 is 2.12 bits per heavy atom. The highest BCUT2D eigenvalue weighted by Gasteiger charge is 2.27. The molecule has 0 aliphatic carbocycles. The average molecular weight is 245 g/mol. The van der Waals surface area contributed by atoms with Crippen molar-refractivity contribution in [2.45, 2.75) is 58.4 Å². The lowest BCUT2D eigenvalue weighted by molar-refractivity contribution is -0.143. The number of rotatable bonds is 10. The third kappa shape index (κ3) is 7.34. The van der Waals surface area contributed by atoms with Crippen LogP contribution in [0.3, 0.4) is 0 Å². The van der Waals surface area contributed by atoms with Gasteiger partial charge in [0.15, 0.2) is 0 Å². The van der Waals surface area contributed by atoms with Crippen LogP contribution in [0.1, 0.15) is 52.9 Å². The van der Waals surface area contributed by atoms with Crippen molar-refractivity contribution in [1.82, 2.24) is 0 Å². The molecule has 2 atom stereocenters. The number of ether oxygens (including phenoxy) is 1. The monoisotopic (exact) mass is 245 g/mol. The number of nitrogens with two attached hydrogens (primary N) is 1. The highest BCUT2D eigenvalue weighted by atomic mass is 16.5. The number of unbranched alkanes of at least 4 members (excludes halogenated alkanes) is 1. The van der Waals surface area contributed by atoms with Gasteiger partial charge in [-0.25, -0.2) is 0 Å². The van der Waals surface area contributed by atoms with E-state index in [9.17, 15) is 4.79 Å². The quantitative estimate of drug-likeness (QED) is 0.580. The highest BCUT2D eigenvalue weighted by Crippen LogP contribution is 2.13. The molecule has 4 nitrogen and oxygen atoms in total. The summed E-state index contributed by atoms with van der Waals surface area (Å²) in [6, 6.07) is 0. The molecule has 0 aromatic heterocycles.